The van der Waals surface area contributed by atoms with Gasteiger partial charge in [0.25, 0.3) is 0 Å². The van der Waals surface area contributed by atoms with Gasteiger partial charge in [0.2, 0.25) is 0 Å². The number of nitrogens with zero attached hydrogens (tertiary/aromatic N) is 2. The molecule has 2 nitrogen and oxygen atoms in total. The quantitative estimate of drug-likeness (QED) is 0.738. The fourth-order valence-electron chi connectivity index (χ4n) is 1.79. The molecule has 0 N–H and O–H groups in total. The zero-order valence-electron chi connectivity index (χ0n) is 7.76. The highest BCUT2D eigenvalue weighted by Crippen LogP contribution is 2.22. The zero-order valence-corrected chi connectivity index (χ0v) is 9.91. The lowest BCUT2D eigenvalue weighted by atomic mass is 10.3. The van der Waals surface area contributed by atoms with Crippen LogP contribution in [0.1, 0.15) is 18.4 Å². The first-order valence-electron chi connectivity index (χ1n) is 4.64. The van der Waals surface area contributed by atoms with Crippen LogP contribution >= 0.6 is 22.6 Å². The SMILES string of the molecule is Cc1cc(I)cnc1N1CCCC1. The average molecular weight is 288 g/mol. The second kappa shape index (κ2) is 3.82. The molecule has 70 valence electrons. The fourth-order valence-corrected chi connectivity index (χ4v) is 2.40. The van der Waals surface area contributed by atoms with Crippen LogP contribution in [0.25, 0.3) is 0 Å². The molecule has 1 fully saturated rings. The maximum atomic E-state index is 4.48. The third-order valence-electron chi connectivity index (χ3n) is 2.42. The van der Waals surface area contributed by atoms with Gasteiger partial charge in [-0.25, -0.2) is 4.98 Å². The Hall–Kier alpha value is -0.320. The number of hydrogen-bond donors (Lipinski definition) is 0. The van der Waals surface area contributed by atoms with E-state index in [0.29, 0.717) is 0 Å². The summed E-state index contributed by atoms with van der Waals surface area (Å²) in [6.07, 6.45) is 4.57. The van der Waals surface area contributed by atoms with E-state index in [0.717, 1.165) is 0 Å². The number of halogens is 1. The Bertz CT molecular complexity index is 306. The lowest BCUT2D eigenvalue weighted by Gasteiger charge is -2.18. The predicted octanol–water partition coefficient (Wildman–Crippen LogP) is 2.59. The molecule has 0 bridgehead atoms. The van der Waals surface area contributed by atoms with Crippen molar-refractivity contribution in [3.8, 4) is 0 Å². The van der Waals surface area contributed by atoms with E-state index in [1.807, 2.05) is 6.20 Å². The molecule has 0 radical (unpaired) electrons. The van der Waals surface area contributed by atoms with Crippen LogP contribution in [0, 0.1) is 10.5 Å². The molecular weight excluding hydrogens is 275 g/mol. The van der Waals surface area contributed by atoms with Gasteiger partial charge in [-0.3, -0.25) is 0 Å². The van der Waals surface area contributed by atoms with Crippen molar-refractivity contribution in [3.05, 3.63) is 21.4 Å². The summed E-state index contributed by atoms with van der Waals surface area (Å²) in [5.41, 5.74) is 1.30. The van der Waals surface area contributed by atoms with Crippen molar-refractivity contribution >= 4 is 28.4 Å². The van der Waals surface area contributed by atoms with E-state index in [9.17, 15) is 0 Å². The molecule has 0 aliphatic carbocycles. The molecule has 1 saturated heterocycles. The molecule has 0 aromatic carbocycles. The summed E-state index contributed by atoms with van der Waals surface area (Å²) < 4.78 is 1.22. The van der Waals surface area contributed by atoms with E-state index in [1.165, 1.54) is 40.9 Å². The summed E-state index contributed by atoms with van der Waals surface area (Å²) in [6, 6.07) is 2.20. The second-order valence-corrected chi connectivity index (χ2v) is 4.73. The molecule has 0 amide bonds. The summed E-state index contributed by atoms with van der Waals surface area (Å²) >= 11 is 2.30. The van der Waals surface area contributed by atoms with E-state index >= 15 is 0 Å². The third-order valence-corrected chi connectivity index (χ3v) is 3.01. The molecule has 0 saturated carbocycles. The molecule has 2 rings (SSSR count). The smallest absolute Gasteiger partial charge is 0.131 e. The molecule has 2 heterocycles. The van der Waals surface area contributed by atoms with Gasteiger partial charge in [0.15, 0.2) is 0 Å². The van der Waals surface area contributed by atoms with Crippen molar-refractivity contribution in [1.29, 1.82) is 0 Å². The lowest BCUT2D eigenvalue weighted by molar-refractivity contribution is 0.927. The number of aromatic nitrogens is 1. The van der Waals surface area contributed by atoms with E-state index < -0.39 is 0 Å². The van der Waals surface area contributed by atoms with Crippen LogP contribution in [0.5, 0.6) is 0 Å². The fraction of sp³-hybridized carbons (Fsp3) is 0.500. The Morgan fingerprint density at radius 1 is 1.38 bits per heavy atom. The lowest BCUT2D eigenvalue weighted by Crippen LogP contribution is -2.20. The average Bonchev–Trinajstić information content (AvgIpc) is 2.56. The van der Waals surface area contributed by atoms with Crippen LogP contribution in [-0.2, 0) is 0 Å². The predicted molar refractivity (Wildman–Crippen MR) is 63.1 cm³/mol. The summed E-state index contributed by atoms with van der Waals surface area (Å²) in [7, 11) is 0. The number of rotatable bonds is 1. The summed E-state index contributed by atoms with van der Waals surface area (Å²) in [5, 5.41) is 0. The molecule has 3 heteroatoms. The molecule has 1 aromatic rings. The maximum Gasteiger partial charge on any atom is 0.131 e. The first-order valence-corrected chi connectivity index (χ1v) is 5.72. The van der Waals surface area contributed by atoms with Crippen LogP contribution < -0.4 is 4.90 Å². The van der Waals surface area contributed by atoms with Gasteiger partial charge in [0, 0.05) is 22.9 Å². The maximum absolute atomic E-state index is 4.48. The van der Waals surface area contributed by atoms with Crippen molar-refractivity contribution in [2.75, 3.05) is 18.0 Å². The van der Waals surface area contributed by atoms with E-state index in [2.05, 4.69) is 45.5 Å². The van der Waals surface area contributed by atoms with Crippen LogP contribution in [-0.4, -0.2) is 18.1 Å². The van der Waals surface area contributed by atoms with Gasteiger partial charge in [-0.15, -0.1) is 0 Å². The van der Waals surface area contributed by atoms with Crippen molar-refractivity contribution in [2.24, 2.45) is 0 Å². The highest BCUT2D eigenvalue weighted by Gasteiger charge is 2.15. The molecule has 1 aliphatic heterocycles. The Morgan fingerprint density at radius 3 is 2.69 bits per heavy atom. The number of hydrogen-bond acceptors (Lipinski definition) is 2. The van der Waals surface area contributed by atoms with Gasteiger partial charge >= 0.3 is 0 Å². The Balaban J connectivity index is 2.29. The van der Waals surface area contributed by atoms with Gasteiger partial charge < -0.3 is 4.90 Å². The molecule has 0 spiro atoms. The number of anilines is 1. The molecule has 0 atom stereocenters. The number of aryl methyl sites for hydroxylation is 1. The molecular formula is C10H13IN2. The normalized spacial score (nSPS) is 16.6. The van der Waals surface area contributed by atoms with Gasteiger partial charge in [0.1, 0.15) is 5.82 Å². The standard InChI is InChI=1S/C10H13IN2/c1-8-6-9(11)7-12-10(8)13-4-2-3-5-13/h6-7H,2-5H2,1H3. The summed E-state index contributed by atoms with van der Waals surface area (Å²) in [4.78, 5) is 6.86. The Kier molecular flexibility index (Phi) is 2.71. The number of pyridine rings is 1. The topological polar surface area (TPSA) is 16.1 Å². The summed E-state index contributed by atoms with van der Waals surface area (Å²) in [6.45, 7) is 4.49. The van der Waals surface area contributed by atoms with Crippen molar-refractivity contribution < 1.29 is 0 Å². The minimum Gasteiger partial charge on any atom is -0.356 e. The van der Waals surface area contributed by atoms with Crippen LogP contribution in [0.4, 0.5) is 5.82 Å². The van der Waals surface area contributed by atoms with Gasteiger partial charge in [-0.1, -0.05) is 0 Å². The third kappa shape index (κ3) is 1.95. The van der Waals surface area contributed by atoms with Gasteiger partial charge in [0.05, 0.1) is 0 Å². The molecule has 1 aromatic heterocycles. The molecule has 0 unspecified atom stereocenters. The van der Waals surface area contributed by atoms with Crippen LogP contribution in [0.3, 0.4) is 0 Å². The summed E-state index contributed by atoms with van der Waals surface area (Å²) in [5.74, 6) is 1.18. The van der Waals surface area contributed by atoms with E-state index in [4.69, 9.17) is 0 Å². The van der Waals surface area contributed by atoms with Crippen molar-refractivity contribution in [3.63, 3.8) is 0 Å². The zero-order chi connectivity index (χ0) is 9.26. The van der Waals surface area contributed by atoms with Gasteiger partial charge in [-0.2, -0.15) is 0 Å². The Labute approximate surface area is 92.5 Å². The van der Waals surface area contributed by atoms with E-state index in [-0.39, 0.29) is 0 Å². The van der Waals surface area contributed by atoms with Gasteiger partial charge in [-0.05, 0) is 54.0 Å². The minimum absolute atomic E-state index is 1.18. The monoisotopic (exact) mass is 288 g/mol. The second-order valence-electron chi connectivity index (χ2n) is 3.49. The van der Waals surface area contributed by atoms with Crippen molar-refractivity contribution in [2.45, 2.75) is 19.8 Å². The van der Waals surface area contributed by atoms with Crippen LogP contribution in [0.2, 0.25) is 0 Å². The highest BCUT2D eigenvalue weighted by molar-refractivity contribution is 14.1. The molecule has 13 heavy (non-hydrogen) atoms. The first-order chi connectivity index (χ1) is 6.27. The minimum atomic E-state index is 1.18. The Morgan fingerprint density at radius 2 is 2.08 bits per heavy atom. The van der Waals surface area contributed by atoms with Crippen molar-refractivity contribution in [1.82, 2.24) is 4.98 Å². The molecule has 1 aliphatic rings. The van der Waals surface area contributed by atoms with E-state index in [1.54, 1.807) is 0 Å². The largest absolute Gasteiger partial charge is 0.356 e. The van der Waals surface area contributed by atoms with Crippen LogP contribution in [0.15, 0.2) is 12.3 Å². The first kappa shape index (κ1) is 9.24. The highest BCUT2D eigenvalue weighted by atomic mass is 127.